The van der Waals surface area contributed by atoms with Crippen LogP contribution in [0.25, 0.3) is 10.9 Å². The predicted molar refractivity (Wildman–Crippen MR) is 119 cm³/mol. The number of nitrogens with one attached hydrogen (secondary N) is 2. The minimum atomic E-state index is -1.36. The Labute approximate surface area is 192 Å². The summed E-state index contributed by atoms with van der Waals surface area (Å²) in [5, 5.41) is 13.2. The number of aromatic carboxylic acids is 1. The van der Waals surface area contributed by atoms with E-state index in [1.165, 1.54) is 24.3 Å². The molecule has 172 valence electrons. The lowest BCUT2D eigenvalue weighted by atomic mass is 10.0. The van der Waals surface area contributed by atoms with Crippen molar-refractivity contribution >= 4 is 46.5 Å². The largest absolute Gasteiger partial charge is 0.477 e. The van der Waals surface area contributed by atoms with Crippen LogP contribution in [0.5, 0.6) is 0 Å². The van der Waals surface area contributed by atoms with E-state index in [4.69, 9.17) is 11.6 Å². The second-order valence-electron chi connectivity index (χ2n) is 8.40. The summed E-state index contributed by atoms with van der Waals surface area (Å²) in [6.07, 6.45) is 0.333. The lowest BCUT2D eigenvalue weighted by Gasteiger charge is -2.20. The molecule has 0 fully saturated rings. The van der Waals surface area contributed by atoms with Gasteiger partial charge in [0, 0.05) is 27.0 Å². The van der Waals surface area contributed by atoms with Crippen molar-refractivity contribution in [3.05, 3.63) is 69.9 Å². The van der Waals surface area contributed by atoms with E-state index < -0.39 is 29.0 Å². The number of aromatic amines is 1. The highest BCUT2D eigenvalue weighted by Gasteiger charge is 2.35. The molecule has 2 amide bonds. The zero-order valence-electron chi connectivity index (χ0n) is 18.0. The molecule has 0 aliphatic heterocycles. The predicted octanol–water partition coefficient (Wildman–Crippen LogP) is 3.87. The first-order chi connectivity index (χ1) is 15.4. The topological polar surface area (TPSA) is 102 Å². The van der Waals surface area contributed by atoms with E-state index in [0.717, 1.165) is 16.7 Å². The third kappa shape index (κ3) is 5.25. The van der Waals surface area contributed by atoms with Gasteiger partial charge in [-0.2, -0.15) is 4.58 Å². The molecular formula is C23H21ClF2N3O4+. The number of H-pyrrole nitrogens is 1. The van der Waals surface area contributed by atoms with Crippen LogP contribution < -0.4 is 5.32 Å². The second kappa shape index (κ2) is 9.11. The summed E-state index contributed by atoms with van der Waals surface area (Å²) in [6.45, 7) is 4.84. The molecule has 0 radical (unpaired) electrons. The van der Waals surface area contributed by atoms with Gasteiger partial charge in [-0.15, -0.1) is 0 Å². The fourth-order valence-corrected chi connectivity index (χ4v) is 3.54. The van der Waals surface area contributed by atoms with E-state index in [0.29, 0.717) is 22.3 Å². The zero-order chi connectivity index (χ0) is 24.5. The smallest absolute Gasteiger partial charge is 0.375 e. The molecule has 3 N–H and O–H groups in total. The van der Waals surface area contributed by atoms with E-state index in [-0.39, 0.29) is 29.1 Å². The molecule has 0 spiro atoms. The van der Waals surface area contributed by atoms with Crippen LogP contribution >= 0.6 is 11.6 Å². The van der Waals surface area contributed by atoms with Gasteiger partial charge in [-0.25, -0.2) is 18.4 Å². The Kier molecular flexibility index (Phi) is 6.64. The lowest BCUT2D eigenvalue weighted by molar-refractivity contribution is -0.447. The maximum Gasteiger partial charge on any atom is 0.375 e. The molecule has 2 aromatic carbocycles. The number of fused-ring (bicyclic) bond motifs is 1. The Balaban J connectivity index is 2.33. The van der Waals surface area contributed by atoms with Gasteiger partial charge in [0.25, 0.3) is 5.71 Å². The van der Waals surface area contributed by atoms with Gasteiger partial charge in [0.15, 0.2) is 18.2 Å². The fourth-order valence-electron chi connectivity index (χ4n) is 3.37. The summed E-state index contributed by atoms with van der Waals surface area (Å²) in [7, 11) is 0. The van der Waals surface area contributed by atoms with Crippen LogP contribution in [0.3, 0.4) is 0 Å². The summed E-state index contributed by atoms with van der Waals surface area (Å²) in [6, 6.07) is 7.61. The van der Waals surface area contributed by atoms with Crippen LogP contribution in [0.15, 0.2) is 36.4 Å². The van der Waals surface area contributed by atoms with Crippen molar-refractivity contribution in [1.29, 1.82) is 0 Å². The molecule has 0 atom stereocenters. The minimum Gasteiger partial charge on any atom is -0.477 e. The molecular weight excluding hydrogens is 456 g/mol. The van der Waals surface area contributed by atoms with Crippen molar-refractivity contribution in [3.63, 3.8) is 0 Å². The van der Waals surface area contributed by atoms with Gasteiger partial charge < -0.3 is 15.4 Å². The number of aromatic nitrogens is 1. The Morgan fingerprint density at radius 1 is 1.15 bits per heavy atom. The molecule has 1 heterocycles. The van der Waals surface area contributed by atoms with Crippen LogP contribution in [0.4, 0.5) is 8.78 Å². The van der Waals surface area contributed by atoms with Crippen molar-refractivity contribution in [2.24, 2.45) is 0 Å². The van der Waals surface area contributed by atoms with E-state index in [1.807, 2.05) is 0 Å². The number of carboxylic acids is 1. The Morgan fingerprint density at radius 3 is 2.42 bits per heavy atom. The zero-order valence-corrected chi connectivity index (χ0v) is 18.8. The highest BCUT2D eigenvalue weighted by molar-refractivity contribution is 6.47. The number of rotatable bonds is 6. The maximum absolute atomic E-state index is 13.7. The van der Waals surface area contributed by atoms with E-state index >= 15 is 0 Å². The lowest BCUT2D eigenvalue weighted by Crippen LogP contribution is -2.47. The van der Waals surface area contributed by atoms with Gasteiger partial charge in [-0.3, -0.25) is 4.79 Å². The van der Waals surface area contributed by atoms with Crippen molar-refractivity contribution in [2.75, 3.05) is 0 Å². The van der Waals surface area contributed by atoms with Gasteiger partial charge in [0.1, 0.15) is 5.69 Å². The molecule has 3 rings (SSSR count). The number of amides is 2. The Hall–Kier alpha value is -3.59. The molecule has 0 unspecified atom stereocenters. The monoisotopic (exact) mass is 476 g/mol. The summed E-state index contributed by atoms with van der Waals surface area (Å²) in [5.41, 5.74) is -0.821. The van der Waals surface area contributed by atoms with Gasteiger partial charge in [0.2, 0.25) is 0 Å². The van der Waals surface area contributed by atoms with Crippen LogP contribution in [-0.4, -0.2) is 44.2 Å². The number of hydrogen-bond acceptors (Lipinski definition) is 3. The third-order valence-electron chi connectivity index (χ3n) is 4.67. The number of nitrogens with zero attached hydrogens (tertiary/aromatic N) is 1. The van der Waals surface area contributed by atoms with Crippen LogP contribution in [0.2, 0.25) is 5.02 Å². The number of hydrogen-bond donors (Lipinski definition) is 3. The average molecular weight is 477 g/mol. The van der Waals surface area contributed by atoms with Gasteiger partial charge in [0.05, 0.1) is 5.56 Å². The SMILES string of the molecule is CC(C)(C)NC(=O)C(c1c(C(=O)O)[nH]c2cc(Cl)ccc12)=[N+](C=O)Cc1ccc(F)c(F)c1. The number of carboxylic acid groups (broad SMARTS) is 1. The average Bonchev–Trinajstić information content (AvgIpc) is 3.07. The van der Waals surface area contributed by atoms with Crippen molar-refractivity contribution in [2.45, 2.75) is 32.9 Å². The fraction of sp³-hybridized carbons (Fsp3) is 0.217. The van der Waals surface area contributed by atoms with Gasteiger partial charge >= 0.3 is 18.3 Å². The molecule has 7 nitrogen and oxygen atoms in total. The van der Waals surface area contributed by atoms with E-state index in [1.54, 1.807) is 20.8 Å². The molecule has 0 aliphatic carbocycles. The molecule has 0 saturated heterocycles. The summed E-state index contributed by atoms with van der Waals surface area (Å²) < 4.78 is 28.1. The highest BCUT2D eigenvalue weighted by Crippen LogP contribution is 2.27. The molecule has 0 aliphatic rings. The third-order valence-corrected chi connectivity index (χ3v) is 4.90. The van der Waals surface area contributed by atoms with E-state index in [2.05, 4.69) is 10.3 Å². The maximum atomic E-state index is 13.7. The summed E-state index contributed by atoms with van der Waals surface area (Å²) >= 11 is 6.03. The quantitative estimate of drug-likeness (QED) is 0.285. The first kappa shape index (κ1) is 24.1. The van der Waals surface area contributed by atoms with Crippen LogP contribution in [-0.2, 0) is 16.1 Å². The number of benzene rings is 2. The van der Waals surface area contributed by atoms with Crippen molar-refractivity contribution < 1.29 is 32.8 Å². The molecule has 33 heavy (non-hydrogen) atoms. The molecule has 0 saturated carbocycles. The standard InChI is InChI=1S/C23H20ClF2N3O4/c1-23(2,3)28-21(31)20(29(11-30)10-12-4-7-15(25)16(26)8-12)18-14-6-5-13(24)9-17(14)27-19(18)22(32)33/h4-9,11H,10H2,1-3H3,(H2,28,31,32,33)/p+1. The van der Waals surface area contributed by atoms with Crippen LogP contribution in [0.1, 0.15) is 42.4 Å². The van der Waals surface area contributed by atoms with E-state index in [9.17, 15) is 28.3 Å². The van der Waals surface area contributed by atoms with Gasteiger partial charge in [-0.05, 0) is 51.1 Å². The molecule has 0 bridgehead atoms. The number of carbonyl (C=O) groups is 3. The Morgan fingerprint density at radius 2 is 1.85 bits per heavy atom. The second-order valence-corrected chi connectivity index (χ2v) is 8.84. The molecule has 3 aromatic rings. The van der Waals surface area contributed by atoms with Crippen molar-refractivity contribution in [1.82, 2.24) is 10.3 Å². The number of halogens is 3. The van der Waals surface area contributed by atoms with Crippen molar-refractivity contribution in [3.8, 4) is 0 Å². The Bertz CT molecular complexity index is 1310. The highest BCUT2D eigenvalue weighted by atomic mass is 35.5. The first-order valence-electron chi connectivity index (χ1n) is 9.81. The molecule has 10 heteroatoms. The normalized spacial score (nSPS) is 12.4. The number of carbonyl (C=O) groups excluding carboxylic acids is 2. The summed E-state index contributed by atoms with van der Waals surface area (Å²) in [5.74, 6) is -4.27. The first-order valence-corrected chi connectivity index (χ1v) is 10.2. The minimum absolute atomic E-state index is 0.0365. The molecule has 1 aromatic heterocycles. The summed E-state index contributed by atoms with van der Waals surface area (Å²) in [4.78, 5) is 40.2. The van der Waals surface area contributed by atoms with Crippen LogP contribution in [0, 0.1) is 11.6 Å². The van der Waals surface area contributed by atoms with Gasteiger partial charge in [-0.1, -0.05) is 17.7 Å².